The number of carbonyl (C=O) groups excluding carboxylic acids is 1. The third kappa shape index (κ3) is 4.40. The maximum Gasteiger partial charge on any atom is 0.238 e. The minimum absolute atomic E-state index is 0.00758. The van der Waals surface area contributed by atoms with Crippen LogP contribution in [-0.4, -0.2) is 41.7 Å². The van der Waals surface area contributed by atoms with Crippen molar-refractivity contribution < 1.29 is 14.3 Å². The first-order valence-electron chi connectivity index (χ1n) is 7.10. The molecular weight excluding hydrogens is 295 g/mol. The van der Waals surface area contributed by atoms with E-state index in [1.54, 1.807) is 0 Å². The first kappa shape index (κ1) is 16.2. The fraction of sp³-hybridized carbons (Fsp3) is 0.533. The third-order valence-electron chi connectivity index (χ3n) is 3.86. The molecule has 0 saturated heterocycles. The summed E-state index contributed by atoms with van der Waals surface area (Å²) < 4.78 is 12.9. The Kier molecular flexibility index (Phi) is 5.56. The van der Waals surface area contributed by atoms with Gasteiger partial charge in [-0.15, -0.1) is 0 Å². The van der Waals surface area contributed by atoms with E-state index < -0.39 is 5.82 Å². The topological polar surface area (TPSA) is 52.6 Å². The summed E-state index contributed by atoms with van der Waals surface area (Å²) in [6, 6.07) is 3.85. The van der Waals surface area contributed by atoms with Gasteiger partial charge < -0.3 is 10.4 Å². The molecule has 1 amide bonds. The lowest BCUT2D eigenvalue weighted by molar-refractivity contribution is -0.118. The Bertz CT molecular complexity index is 512. The van der Waals surface area contributed by atoms with Crippen LogP contribution in [0.25, 0.3) is 0 Å². The Morgan fingerprint density at radius 1 is 1.48 bits per heavy atom. The highest BCUT2D eigenvalue weighted by atomic mass is 35.5. The molecule has 0 heterocycles. The lowest BCUT2D eigenvalue weighted by Crippen LogP contribution is -2.46. The van der Waals surface area contributed by atoms with Crippen molar-refractivity contribution in [1.29, 1.82) is 0 Å². The summed E-state index contributed by atoms with van der Waals surface area (Å²) in [6.07, 6.45) is 3.38. The predicted molar refractivity (Wildman–Crippen MR) is 80.9 cm³/mol. The standard InChI is InChI=1S/C15H20ClFN2O2/c1-19(13-4-2-3-5-14(13)20)9-15(21)18-12-7-6-10(17)8-11(12)16/h6-8,13-14,20H,2-5,9H2,1H3,(H,18,21). The van der Waals surface area contributed by atoms with E-state index in [1.807, 2.05) is 11.9 Å². The van der Waals surface area contributed by atoms with Crippen molar-refractivity contribution in [2.75, 3.05) is 18.9 Å². The monoisotopic (exact) mass is 314 g/mol. The molecule has 2 atom stereocenters. The average molecular weight is 315 g/mol. The summed E-state index contributed by atoms with van der Waals surface area (Å²) in [7, 11) is 1.82. The van der Waals surface area contributed by atoms with Crippen molar-refractivity contribution in [3.05, 3.63) is 29.0 Å². The van der Waals surface area contributed by atoms with Crippen LogP contribution in [0.3, 0.4) is 0 Å². The fourth-order valence-electron chi connectivity index (χ4n) is 2.73. The van der Waals surface area contributed by atoms with Crippen LogP contribution < -0.4 is 5.32 Å². The Hall–Kier alpha value is -1.17. The highest BCUT2D eigenvalue weighted by molar-refractivity contribution is 6.33. The van der Waals surface area contributed by atoms with Crippen LogP contribution in [-0.2, 0) is 4.79 Å². The molecule has 1 saturated carbocycles. The molecule has 1 aromatic carbocycles. The van der Waals surface area contributed by atoms with Crippen molar-refractivity contribution in [3.63, 3.8) is 0 Å². The molecule has 1 aliphatic rings. The van der Waals surface area contributed by atoms with Gasteiger partial charge in [0, 0.05) is 6.04 Å². The predicted octanol–water partition coefficient (Wildman–Crippen LogP) is 2.65. The largest absolute Gasteiger partial charge is 0.391 e. The molecule has 2 unspecified atom stereocenters. The molecule has 116 valence electrons. The zero-order valence-corrected chi connectivity index (χ0v) is 12.7. The second-order valence-corrected chi connectivity index (χ2v) is 5.91. The first-order valence-corrected chi connectivity index (χ1v) is 7.48. The van der Waals surface area contributed by atoms with Gasteiger partial charge in [-0.3, -0.25) is 9.69 Å². The molecule has 0 radical (unpaired) electrons. The average Bonchev–Trinajstić information content (AvgIpc) is 2.42. The number of benzene rings is 1. The molecule has 0 aliphatic heterocycles. The van der Waals surface area contributed by atoms with E-state index in [-0.39, 0.29) is 29.6 Å². The summed E-state index contributed by atoms with van der Waals surface area (Å²) in [5, 5.41) is 12.8. The van der Waals surface area contributed by atoms with Gasteiger partial charge in [-0.05, 0) is 38.1 Å². The van der Waals surface area contributed by atoms with Crippen LogP contribution in [0, 0.1) is 5.82 Å². The minimum atomic E-state index is -0.444. The number of likely N-dealkylation sites (N-methyl/N-ethyl adjacent to an activating group) is 1. The summed E-state index contributed by atoms with van der Waals surface area (Å²) in [4.78, 5) is 13.9. The van der Waals surface area contributed by atoms with Crippen molar-refractivity contribution in [2.24, 2.45) is 0 Å². The molecule has 2 rings (SSSR count). The van der Waals surface area contributed by atoms with Crippen LogP contribution in [0.1, 0.15) is 25.7 Å². The summed E-state index contributed by atoms with van der Waals surface area (Å²) >= 11 is 5.87. The number of amides is 1. The van der Waals surface area contributed by atoms with Crippen molar-refractivity contribution in [1.82, 2.24) is 4.90 Å². The number of anilines is 1. The Morgan fingerprint density at radius 2 is 2.19 bits per heavy atom. The van der Waals surface area contributed by atoms with E-state index >= 15 is 0 Å². The van der Waals surface area contributed by atoms with Crippen molar-refractivity contribution in [3.8, 4) is 0 Å². The van der Waals surface area contributed by atoms with Crippen LogP contribution in [0.4, 0.5) is 10.1 Å². The van der Waals surface area contributed by atoms with E-state index in [4.69, 9.17) is 11.6 Å². The summed E-state index contributed by atoms with van der Waals surface area (Å²) in [5.74, 6) is -0.677. The number of rotatable bonds is 4. The Balaban J connectivity index is 1.91. The van der Waals surface area contributed by atoms with Gasteiger partial charge in [0.2, 0.25) is 5.91 Å². The highest BCUT2D eigenvalue weighted by Gasteiger charge is 2.27. The third-order valence-corrected chi connectivity index (χ3v) is 4.17. The second-order valence-electron chi connectivity index (χ2n) is 5.51. The van der Waals surface area contributed by atoms with Gasteiger partial charge in [0.25, 0.3) is 0 Å². The van der Waals surface area contributed by atoms with Gasteiger partial charge in [-0.2, -0.15) is 0 Å². The lowest BCUT2D eigenvalue weighted by Gasteiger charge is -2.34. The second kappa shape index (κ2) is 7.20. The fourth-order valence-corrected chi connectivity index (χ4v) is 2.94. The number of hydrogen-bond acceptors (Lipinski definition) is 3. The zero-order valence-electron chi connectivity index (χ0n) is 12.0. The smallest absolute Gasteiger partial charge is 0.238 e. The summed E-state index contributed by atoms with van der Waals surface area (Å²) in [6.45, 7) is 0.162. The van der Waals surface area contributed by atoms with E-state index in [2.05, 4.69) is 5.32 Å². The van der Waals surface area contributed by atoms with E-state index in [1.165, 1.54) is 12.1 Å². The van der Waals surface area contributed by atoms with Gasteiger partial charge in [-0.1, -0.05) is 24.4 Å². The normalized spacial score (nSPS) is 22.3. The number of carbonyl (C=O) groups is 1. The first-order chi connectivity index (χ1) is 9.97. The molecule has 0 bridgehead atoms. The van der Waals surface area contributed by atoms with Crippen LogP contribution in [0.2, 0.25) is 5.02 Å². The molecular formula is C15H20ClFN2O2. The summed E-state index contributed by atoms with van der Waals surface area (Å²) in [5.41, 5.74) is 0.389. The number of halogens is 2. The molecule has 2 N–H and O–H groups in total. The maximum atomic E-state index is 12.9. The zero-order chi connectivity index (χ0) is 15.4. The van der Waals surface area contributed by atoms with E-state index in [9.17, 15) is 14.3 Å². The molecule has 21 heavy (non-hydrogen) atoms. The number of aliphatic hydroxyl groups excluding tert-OH is 1. The Morgan fingerprint density at radius 3 is 2.86 bits per heavy atom. The maximum absolute atomic E-state index is 12.9. The quantitative estimate of drug-likeness (QED) is 0.898. The molecule has 1 aromatic rings. The molecule has 6 heteroatoms. The van der Waals surface area contributed by atoms with Gasteiger partial charge in [0.05, 0.1) is 23.4 Å². The van der Waals surface area contributed by atoms with Crippen LogP contribution in [0.15, 0.2) is 18.2 Å². The minimum Gasteiger partial charge on any atom is -0.391 e. The molecule has 0 spiro atoms. The lowest BCUT2D eigenvalue weighted by atomic mass is 9.91. The van der Waals surface area contributed by atoms with Gasteiger partial charge >= 0.3 is 0 Å². The van der Waals surface area contributed by atoms with Crippen molar-refractivity contribution >= 4 is 23.2 Å². The van der Waals surface area contributed by atoms with Crippen LogP contribution in [0.5, 0.6) is 0 Å². The van der Waals surface area contributed by atoms with Gasteiger partial charge in [-0.25, -0.2) is 4.39 Å². The van der Waals surface area contributed by atoms with Crippen molar-refractivity contribution in [2.45, 2.75) is 37.8 Å². The van der Waals surface area contributed by atoms with Gasteiger partial charge in [0.15, 0.2) is 0 Å². The molecule has 4 nitrogen and oxygen atoms in total. The molecule has 0 aromatic heterocycles. The number of hydrogen-bond donors (Lipinski definition) is 2. The number of aliphatic hydroxyl groups is 1. The van der Waals surface area contributed by atoms with E-state index in [0.717, 1.165) is 31.7 Å². The molecule has 1 fully saturated rings. The molecule has 1 aliphatic carbocycles. The number of nitrogens with zero attached hydrogens (tertiary/aromatic N) is 1. The van der Waals surface area contributed by atoms with E-state index in [0.29, 0.717) is 5.69 Å². The van der Waals surface area contributed by atoms with Crippen LogP contribution >= 0.6 is 11.6 Å². The van der Waals surface area contributed by atoms with Gasteiger partial charge in [0.1, 0.15) is 5.82 Å². The number of nitrogens with one attached hydrogen (secondary N) is 1. The highest BCUT2D eigenvalue weighted by Crippen LogP contribution is 2.24. The SMILES string of the molecule is CN(CC(=O)Nc1ccc(F)cc1Cl)C1CCCCC1O. The Labute approximate surface area is 128 Å².